The Labute approximate surface area is 187 Å². The van der Waals surface area contributed by atoms with Gasteiger partial charge in [0, 0.05) is 24.5 Å². The van der Waals surface area contributed by atoms with E-state index < -0.39 is 5.60 Å². The lowest BCUT2D eigenvalue weighted by molar-refractivity contribution is -0.298. The maximum Gasteiger partial charge on any atom is 0.118 e. The first-order chi connectivity index (χ1) is 14.4. The van der Waals surface area contributed by atoms with Crippen LogP contribution in [0.4, 0.5) is 0 Å². The van der Waals surface area contributed by atoms with Crippen molar-refractivity contribution < 1.29 is 14.9 Å². The van der Waals surface area contributed by atoms with Crippen molar-refractivity contribution in [2.24, 2.45) is 22.7 Å². The summed E-state index contributed by atoms with van der Waals surface area (Å²) in [5.74, 6) is 0.748. The van der Waals surface area contributed by atoms with Gasteiger partial charge in [-0.25, -0.2) is 0 Å². The first-order valence-corrected chi connectivity index (χ1v) is 12.2. The van der Waals surface area contributed by atoms with Crippen molar-refractivity contribution in [3.05, 3.63) is 28.8 Å². The number of aliphatic hydroxyl groups is 1. The van der Waals surface area contributed by atoms with Gasteiger partial charge in [0.15, 0.2) is 0 Å². The summed E-state index contributed by atoms with van der Waals surface area (Å²) in [5.41, 5.74) is 2.45. The smallest absolute Gasteiger partial charge is 0.118 e. The molecule has 0 radical (unpaired) electrons. The number of ether oxygens (including phenoxy) is 1. The molecule has 4 heteroatoms. The van der Waals surface area contributed by atoms with Gasteiger partial charge in [0.05, 0.1) is 11.2 Å². The summed E-state index contributed by atoms with van der Waals surface area (Å²) in [4.78, 5) is 0. The lowest BCUT2D eigenvalue weighted by Gasteiger charge is -2.77. The van der Waals surface area contributed by atoms with E-state index in [0.29, 0.717) is 11.8 Å². The second kappa shape index (κ2) is 6.27. The van der Waals surface area contributed by atoms with Crippen LogP contribution in [0.3, 0.4) is 0 Å². The molecule has 3 N–H and O–H groups in total. The Kier molecular flexibility index (Phi) is 4.39. The summed E-state index contributed by atoms with van der Waals surface area (Å²) in [6, 6.07) is 4.45. The monoisotopic (exact) mass is 427 g/mol. The van der Waals surface area contributed by atoms with Crippen molar-refractivity contribution in [2.45, 2.75) is 96.3 Å². The van der Waals surface area contributed by atoms with Crippen LogP contribution in [0.5, 0.6) is 5.75 Å². The molecular formula is C27H41NO3. The summed E-state index contributed by atoms with van der Waals surface area (Å²) in [7, 11) is 1.87. The number of methoxy groups -OCH3 is 1. The number of rotatable bonds is 2. The molecule has 3 saturated carbocycles. The minimum atomic E-state index is -0.839. The molecule has 7 atom stereocenters. The van der Waals surface area contributed by atoms with Gasteiger partial charge < -0.3 is 20.3 Å². The van der Waals surface area contributed by atoms with Crippen molar-refractivity contribution in [2.75, 3.05) is 13.7 Å². The van der Waals surface area contributed by atoms with E-state index in [4.69, 9.17) is 4.74 Å². The molecule has 172 valence electrons. The quantitative estimate of drug-likeness (QED) is 0.651. The van der Waals surface area contributed by atoms with E-state index in [9.17, 15) is 10.2 Å². The zero-order valence-electron chi connectivity index (χ0n) is 20.4. The van der Waals surface area contributed by atoms with Crippen molar-refractivity contribution in [3.63, 3.8) is 0 Å². The first kappa shape index (κ1) is 21.7. The third-order valence-corrected chi connectivity index (χ3v) is 11.0. The molecule has 6 rings (SSSR count). The second-order valence-electron chi connectivity index (χ2n) is 12.4. The summed E-state index contributed by atoms with van der Waals surface area (Å²) >= 11 is 0. The molecule has 1 heterocycles. The molecule has 7 unspecified atom stereocenters. The summed E-state index contributed by atoms with van der Waals surface area (Å²) in [6.45, 7) is 14.0. The molecule has 1 aromatic rings. The van der Waals surface area contributed by atoms with E-state index in [1.54, 1.807) is 0 Å². The van der Waals surface area contributed by atoms with Crippen LogP contribution >= 0.6 is 0 Å². The molecule has 1 spiro atoms. The van der Waals surface area contributed by atoms with Gasteiger partial charge in [-0.1, -0.05) is 33.8 Å². The Bertz CT molecular complexity index is 918. The topological polar surface area (TPSA) is 61.7 Å². The number of fused-ring (bicyclic) bond motifs is 3. The standard InChI is InChI=1S/C27H41NO3/c1-16-19(29)9-8-18-14-21-25-10-11-27(31-7,20(15-25)24(6,30)23(3,4)5)17(2)26(25,22(16)18)12-13-28-21/h8-9,17,20-21,28-30H,10-15H2,1-7H3. The van der Waals surface area contributed by atoms with Crippen LogP contribution in [0.2, 0.25) is 0 Å². The number of phenolic OH excluding ortho intramolecular Hbond substituents is 1. The number of benzene rings is 1. The molecule has 5 aliphatic rings. The van der Waals surface area contributed by atoms with E-state index in [0.717, 1.165) is 44.2 Å². The van der Waals surface area contributed by atoms with Crippen LogP contribution in [-0.4, -0.2) is 41.1 Å². The maximum absolute atomic E-state index is 12.0. The van der Waals surface area contributed by atoms with Gasteiger partial charge >= 0.3 is 0 Å². The van der Waals surface area contributed by atoms with Gasteiger partial charge in [-0.05, 0) is 92.0 Å². The third kappa shape index (κ3) is 2.27. The minimum Gasteiger partial charge on any atom is -0.508 e. The Morgan fingerprint density at radius 3 is 2.48 bits per heavy atom. The summed E-state index contributed by atoms with van der Waals surface area (Å²) in [6.07, 6.45) is 5.16. The van der Waals surface area contributed by atoms with Crippen LogP contribution in [0.1, 0.15) is 77.0 Å². The molecule has 1 aromatic carbocycles. The van der Waals surface area contributed by atoms with Gasteiger partial charge in [-0.15, -0.1) is 0 Å². The van der Waals surface area contributed by atoms with E-state index in [-0.39, 0.29) is 33.7 Å². The second-order valence-corrected chi connectivity index (χ2v) is 12.4. The van der Waals surface area contributed by atoms with Gasteiger partial charge in [0.25, 0.3) is 0 Å². The normalized spacial score (nSPS) is 43.2. The molecule has 0 amide bonds. The molecule has 31 heavy (non-hydrogen) atoms. The Balaban J connectivity index is 1.79. The number of nitrogens with one attached hydrogen (secondary N) is 1. The van der Waals surface area contributed by atoms with Crippen LogP contribution in [0.15, 0.2) is 12.1 Å². The lowest BCUT2D eigenvalue weighted by Crippen LogP contribution is -2.81. The highest BCUT2D eigenvalue weighted by molar-refractivity contribution is 5.55. The summed E-state index contributed by atoms with van der Waals surface area (Å²) < 4.78 is 6.55. The maximum atomic E-state index is 12.0. The fourth-order valence-corrected chi connectivity index (χ4v) is 8.98. The number of hydrogen-bond donors (Lipinski definition) is 3. The third-order valence-electron chi connectivity index (χ3n) is 11.0. The van der Waals surface area contributed by atoms with E-state index in [1.165, 1.54) is 11.1 Å². The predicted molar refractivity (Wildman–Crippen MR) is 123 cm³/mol. The molecule has 1 aliphatic heterocycles. The average Bonchev–Trinajstić information content (AvgIpc) is 2.70. The number of piperidine rings is 1. The van der Waals surface area contributed by atoms with Crippen molar-refractivity contribution >= 4 is 0 Å². The SMILES string of the molecule is COC12CCC3(CC1C(C)(O)C(C)(C)C)C1Cc4ccc(O)c(C)c4C3(CCN1)C2C. The van der Waals surface area contributed by atoms with Crippen LogP contribution in [0.25, 0.3) is 0 Å². The van der Waals surface area contributed by atoms with Gasteiger partial charge in [0.2, 0.25) is 0 Å². The van der Waals surface area contributed by atoms with Gasteiger partial charge in [-0.2, -0.15) is 0 Å². The van der Waals surface area contributed by atoms with Gasteiger partial charge in [-0.3, -0.25) is 0 Å². The number of phenols is 1. The van der Waals surface area contributed by atoms with Crippen molar-refractivity contribution in [1.82, 2.24) is 5.32 Å². The molecule has 1 saturated heterocycles. The zero-order valence-corrected chi connectivity index (χ0v) is 20.4. The van der Waals surface area contributed by atoms with E-state index in [2.05, 4.69) is 46.0 Å². The van der Waals surface area contributed by atoms with Crippen LogP contribution < -0.4 is 5.32 Å². The fourth-order valence-electron chi connectivity index (χ4n) is 8.98. The summed E-state index contributed by atoms with van der Waals surface area (Å²) in [5, 5.41) is 26.7. The molecule has 0 aromatic heterocycles. The Morgan fingerprint density at radius 1 is 1.13 bits per heavy atom. The van der Waals surface area contributed by atoms with E-state index in [1.807, 2.05) is 20.1 Å². The Hall–Kier alpha value is -1.10. The number of aromatic hydroxyl groups is 1. The highest BCUT2D eigenvalue weighted by Crippen LogP contribution is 2.75. The highest BCUT2D eigenvalue weighted by atomic mass is 16.5. The lowest BCUT2D eigenvalue weighted by atomic mass is 9.30. The van der Waals surface area contributed by atoms with Crippen LogP contribution in [0, 0.1) is 29.6 Å². The van der Waals surface area contributed by atoms with Crippen molar-refractivity contribution in [3.8, 4) is 5.75 Å². The average molecular weight is 428 g/mol. The Morgan fingerprint density at radius 2 is 1.84 bits per heavy atom. The fraction of sp³-hybridized carbons (Fsp3) is 0.778. The molecule has 4 nitrogen and oxygen atoms in total. The first-order valence-electron chi connectivity index (χ1n) is 12.2. The number of hydrogen-bond acceptors (Lipinski definition) is 4. The highest BCUT2D eigenvalue weighted by Gasteiger charge is 2.77. The zero-order chi connectivity index (χ0) is 22.6. The largest absolute Gasteiger partial charge is 0.508 e. The van der Waals surface area contributed by atoms with Gasteiger partial charge in [0.1, 0.15) is 5.75 Å². The molecule has 4 fully saturated rings. The predicted octanol–water partition coefficient (Wildman–Crippen LogP) is 4.47. The molecule has 4 aliphatic carbocycles. The van der Waals surface area contributed by atoms with E-state index >= 15 is 0 Å². The van der Waals surface area contributed by atoms with Crippen LogP contribution in [-0.2, 0) is 16.6 Å². The molecule has 4 bridgehead atoms. The minimum absolute atomic E-state index is 0.0297. The molecular weight excluding hydrogens is 386 g/mol. The van der Waals surface area contributed by atoms with Crippen molar-refractivity contribution in [1.29, 1.82) is 0 Å².